The SMILES string of the molecule is CCCC(NC(=O)CCCc1ccc(CC)cc1)C(=O)O. The molecule has 0 heterocycles. The van der Waals surface area contributed by atoms with Gasteiger partial charge >= 0.3 is 5.97 Å². The molecule has 0 spiro atoms. The predicted molar refractivity (Wildman–Crippen MR) is 83.2 cm³/mol. The quantitative estimate of drug-likeness (QED) is 0.735. The number of aryl methyl sites for hydroxylation is 2. The van der Waals surface area contributed by atoms with Crippen LogP contribution in [0.3, 0.4) is 0 Å². The topological polar surface area (TPSA) is 66.4 Å². The minimum absolute atomic E-state index is 0.180. The van der Waals surface area contributed by atoms with E-state index in [1.54, 1.807) is 0 Å². The second-order valence-corrected chi connectivity index (χ2v) is 5.27. The largest absolute Gasteiger partial charge is 0.480 e. The number of rotatable bonds is 9. The van der Waals surface area contributed by atoms with Gasteiger partial charge < -0.3 is 10.4 Å². The molecule has 4 heteroatoms. The molecule has 0 aromatic heterocycles. The fourth-order valence-corrected chi connectivity index (χ4v) is 2.21. The van der Waals surface area contributed by atoms with Gasteiger partial charge in [-0.15, -0.1) is 0 Å². The summed E-state index contributed by atoms with van der Waals surface area (Å²) in [6, 6.07) is 7.64. The fourth-order valence-electron chi connectivity index (χ4n) is 2.21. The van der Waals surface area contributed by atoms with Crippen molar-refractivity contribution in [2.75, 3.05) is 0 Å². The van der Waals surface area contributed by atoms with Gasteiger partial charge in [-0.3, -0.25) is 4.79 Å². The van der Waals surface area contributed by atoms with Crippen LogP contribution in [0, 0.1) is 0 Å². The summed E-state index contributed by atoms with van der Waals surface area (Å²) in [5.41, 5.74) is 2.52. The molecule has 0 saturated carbocycles. The van der Waals surface area contributed by atoms with E-state index in [0.29, 0.717) is 12.8 Å². The Bertz CT molecular complexity index is 454. The molecule has 1 rings (SSSR count). The molecule has 0 saturated heterocycles. The zero-order valence-corrected chi connectivity index (χ0v) is 12.9. The lowest BCUT2D eigenvalue weighted by atomic mass is 10.0. The van der Waals surface area contributed by atoms with E-state index < -0.39 is 12.0 Å². The number of nitrogens with one attached hydrogen (secondary N) is 1. The van der Waals surface area contributed by atoms with Crippen LogP contribution in [0.15, 0.2) is 24.3 Å². The lowest BCUT2D eigenvalue weighted by molar-refractivity contribution is -0.142. The maximum Gasteiger partial charge on any atom is 0.326 e. The zero-order chi connectivity index (χ0) is 15.7. The van der Waals surface area contributed by atoms with Crippen molar-refractivity contribution in [3.8, 4) is 0 Å². The number of aliphatic carboxylic acids is 1. The first-order valence-corrected chi connectivity index (χ1v) is 7.66. The number of carbonyl (C=O) groups excluding carboxylic acids is 1. The molecule has 1 unspecified atom stereocenters. The first-order valence-electron chi connectivity index (χ1n) is 7.66. The summed E-state index contributed by atoms with van der Waals surface area (Å²) in [7, 11) is 0. The van der Waals surface area contributed by atoms with Crippen LogP contribution in [0.4, 0.5) is 0 Å². The molecule has 2 N–H and O–H groups in total. The third-order valence-corrected chi connectivity index (χ3v) is 3.51. The Morgan fingerprint density at radius 2 is 1.76 bits per heavy atom. The summed E-state index contributed by atoms with van der Waals surface area (Å²) >= 11 is 0. The standard InChI is InChI=1S/C17H25NO3/c1-3-6-15(17(20)21)18-16(19)8-5-7-14-11-9-13(4-2)10-12-14/h9-12,15H,3-8H2,1-2H3,(H,18,19)(H,20,21). The lowest BCUT2D eigenvalue weighted by Gasteiger charge is -2.13. The molecule has 1 amide bonds. The van der Waals surface area contributed by atoms with Gasteiger partial charge in [0.2, 0.25) is 5.91 Å². The summed E-state index contributed by atoms with van der Waals surface area (Å²) in [6.07, 6.45) is 4.17. The third kappa shape index (κ3) is 6.43. The van der Waals surface area contributed by atoms with Crippen LogP contribution >= 0.6 is 0 Å². The van der Waals surface area contributed by atoms with E-state index in [0.717, 1.165) is 25.7 Å². The van der Waals surface area contributed by atoms with E-state index in [9.17, 15) is 9.59 Å². The van der Waals surface area contributed by atoms with Gasteiger partial charge in [-0.05, 0) is 36.8 Å². The van der Waals surface area contributed by atoms with Crippen LogP contribution in [0.1, 0.15) is 50.7 Å². The Labute approximate surface area is 126 Å². The average molecular weight is 291 g/mol. The molecule has 1 atom stereocenters. The molecule has 21 heavy (non-hydrogen) atoms. The molecule has 1 aromatic rings. The van der Waals surface area contributed by atoms with Crippen LogP contribution in [0.2, 0.25) is 0 Å². The van der Waals surface area contributed by atoms with E-state index >= 15 is 0 Å². The Morgan fingerprint density at radius 1 is 1.14 bits per heavy atom. The van der Waals surface area contributed by atoms with Gasteiger partial charge in [-0.1, -0.05) is 44.5 Å². The van der Waals surface area contributed by atoms with Crippen LogP contribution in [-0.2, 0) is 22.4 Å². The number of carbonyl (C=O) groups is 2. The highest BCUT2D eigenvalue weighted by Crippen LogP contribution is 2.08. The Kier molecular flexibility index (Phi) is 7.51. The lowest BCUT2D eigenvalue weighted by Crippen LogP contribution is -2.40. The highest BCUT2D eigenvalue weighted by Gasteiger charge is 2.18. The monoisotopic (exact) mass is 291 g/mol. The maximum absolute atomic E-state index is 11.7. The summed E-state index contributed by atoms with van der Waals surface area (Å²) in [5, 5.41) is 11.6. The van der Waals surface area contributed by atoms with Crippen molar-refractivity contribution in [1.82, 2.24) is 5.32 Å². The number of carboxylic acid groups (broad SMARTS) is 1. The predicted octanol–water partition coefficient (Wildman–Crippen LogP) is 2.94. The molecule has 0 radical (unpaired) electrons. The van der Waals surface area contributed by atoms with Gasteiger partial charge in [0.05, 0.1) is 0 Å². The van der Waals surface area contributed by atoms with Crippen molar-refractivity contribution in [1.29, 1.82) is 0 Å². The Morgan fingerprint density at radius 3 is 2.29 bits per heavy atom. The molecule has 0 aliphatic carbocycles. The van der Waals surface area contributed by atoms with E-state index in [1.165, 1.54) is 11.1 Å². The first kappa shape index (κ1) is 17.2. The van der Waals surface area contributed by atoms with Gasteiger partial charge in [-0.2, -0.15) is 0 Å². The van der Waals surface area contributed by atoms with Crippen molar-refractivity contribution in [2.24, 2.45) is 0 Å². The number of amides is 1. The van der Waals surface area contributed by atoms with Crippen molar-refractivity contribution in [3.63, 3.8) is 0 Å². The van der Waals surface area contributed by atoms with Gasteiger partial charge in [0.15, 0.2) is 0 Å². The van der Waals surface area contributed by atoms with Crippen molar-refractivity contribution in [3.05, 3.63) is 35.4 Å². The molecular formula is C17H25NO3. The molecule has 0 bridgehead atoms. The molecule has 116 valence electrons. The molecule has 0 aliphatic rings. The second-order valence-electron chi connectivity index (χ2n) is 5.27. The summed E-state index contributed by atoms with van der Waals surface area (Å²) in [6.45, 7) is 4.02. The van der Waals surface area contributed by atoms with Crippen LogP contribution in [0.25, 0.3) is 0 Å². The molecule has 0 fully saturated rings. The van der Waals surface area contributed by atoms with Crippen molar-refractivity contribution in [2.45, 2.75) is 58.4 Å². The van der Waals surface area contributed by atoms with Gasteiger partial charge in [-0.25, -0.2) is 4.79 Å². The van der Waals surface area contributed by atoms with E-state index in [2.05, 4.69) is 36.5 Å². The smallest absolute Gasteiger partial charge is 0.326 e. The number of hydrogen-bond donors (Lipinski definition) is 2. The van der Waals surface area contributed by atoms with Gasteiger partial charge in [0, 0.05) is 6.42 Å². The number of carboxylic acids is 1. The van der Waals surface area contributed by atoms with Crippen molar-refractivity contribution < 1.29 is 14.7 Å². The normalized spacial score (nSPS) is 11.9. The highest BCUT2D eigenvalue weighted by atomic mass is 16.4. The molecular weight excluding hydrogens is 266 g/mol. The van der Waals surface area contributed by atoms with E-state index in [1.807, 2.05) is 6.92 Å². The fraction of sp³-hybridized carbons (Fsp3) is 0.529. The van der Waals surface area contributed by atoms with Gasteiger partial charge in [0.25, 0.3) is 0 Å². The molecule has 1 aromatic carbocycles. The van der Waals surface area contributed by atoms with E-state index in [-0.39, 0.29) is 5.91 Å². The summed E-state index contributed by atoms with van der Waals surface area (Å²) in [5.74, 6) is -1.14. The summed E-state index contributed by atoms with van der Waals surface area (Å²) < 4.78 is 0. The zero-order valence-electron chi connectivity index (χ0n) is 12.9. The van der Waals surface area contributed by atoms with Crippen LogP contribution < -0.4 is 5.32 Å². The van der Waals surface area contributed by atoms with Crippen LogP contribution in [-0.4, -0.2) is 23.0 Å². The average Bonchev–Trinajstić information content (AvgIpc) is 2.47. The molecule has 4 nitrogen and oxygen atoms in total. The number of benzene rings is 1. The maximum atomic E-state index is 11.7. The second kappa shape index (κ2) is 9.16. The Hall–Kier alpha value is -1.84. The number of hydrogen-bond acceptors (Lipinski definition) is 2. The van der Waals surface area contributed by atoms with Crippen LogP contribution in [0.5, 0.6) is 0 Å². The minimum Gasteiger partial charge on any atom is -0.480 e. The highest BCUT2D eigenvalue weighted by molar-refractivity contribution is 5.83. The first-order chi connectivity index (χ1) is 10.1. The van der Waals surface area contributed by atoms with Crippen molar-refractivity contribution >= 4 is 11.9 Å². The summed E-state index contributed by atoms with van der Waals surface area (Å²) in [4.78, 5) is 22.7. The molecule has 0 aliphatic heterocycles. The minimum atomic E-state index is -0.958. The Balaban J connectivity index is 2.33. The van der Waals surface area contributed by atoms with Gasteiger partial charge in [0.1, 0.15) is 6.04 Å². The van der Waals surface area contributed by atoms with E-state index in [4.69, 9.17) is 5.11 Å². The third-order valence-electron chi connectivity index (χ3n) is 3.51.